The molecule has 140 valence electrons. The third kappa shape index (κ3) is 6.79. The zero-order valence-electron chi connectivity index (χ0n) is 16.3. The molecule has 0 spiro atoms. The van der Waals surface area contributed by atoms with Crippen LogP contribution >= 0.6 is 0 Å². The molecule has 0 aliphatic carbocycles. The third-order valence-electron chi connectivity index (χ3n) is 4.94. The molecule has 1 aromatic rings. The zero-order valence-corrected chi connectivity index (χ0v) is 16.3. The van der Waals surface area contributed by atoms with E-state index in [4.69, 9.17) is 4.74 Å². The molecule has 4 heteroatoms. The largest absolute Gasteiger partial charge is 0.465 e. The van der Waals surface area contributed by atoms with Crippen LogP contribution in [0.3, 0.4) is 0 Å². The average Bonchev–Trinajstić information content (AvgIpc) is 2.59. The van der Waals surface area contributed by atoms with Crippen LogP contribution in [0.5, 0.6) is 0 Å². The fraction of sp³-hybridized carbons (Fsp3) is 0.667. The molecule has 1 aliphatic rings. The Hall–Kier alpha value is -1.39. The third-order valence-corrected chi connectivity index (χ3v) is 4.94. The van der Waals surface area contributed by atoms with Gasteiger partial charge in [-0.3, -0.25) is 4.79 Å². The van der Waals surface area contributed by atoms with Crippen LogP contribution in [-0.4, -0.2) is 62.1 Å². The number of hydrogen-bond acceptors (Lipinski definition) is 4. The van der Waals surface area contributed by atoms with Crippen LogP contribution in [0.15, 0.2) is 24.3 Å². The Balaban J connectivity index is 1.69. The van der Waals surface area contributed by atoms with Gasteiger partial charge in [0.1, 0.15) is 0 Å². The Morgan fingerprint density at radius 1 is 1.08 bits per heavy atom. The van der Waals surface area contributed by atoms with Crippen molar-refractivity contribution < 1.29 is 9.53 Å². The lowest BCUT2D eigenvalue weighted by atomic mass is 9.97. The minimum Gasteiger partial charge on any atom is -0.465 e. The molecule has 2 rings (SSSR count). The number of ether oxygens (including phenoxy) is 1. The fourth-order valence-corrected chi connectivity index (χ4v) is 3.21. The van der Waals surface area contributed by atoms with Crippen molar-refractivity contribution in [2.45, 2.75) is 39.5 Å². The lowest BCUT2D eigenvalue weighted by Gasteiger charge is -2.32. The van der Waals surface area contributed by atoms with Crippen molar-refractivity contribution >= 4 is 5.97 Å². The number of rotatable bonds is 8. The van der Waals surface area contributed by atoms with Gasteiger partial charge in [0.25, 0.3) is 0 Å². The maximum absolute atomic E-state index is 12.3. The Morgan fingerprint density at radius 3 is 2.32 bits per heavy atom. The van der Waals surface area contributed by atoms with Crippen molar-refractivity contribution in [2.75, 3.05) is 46.4 Å². The van der Waals surface area contributed by atoms with Gasteiger partial charge in [-0.1, -0.05) is 38.1 Å². The van der Waals surface area contributed by atoms with E-state index >= 15 is 0 Å². The van der Waals surface area contributed by atoms with Gasteiger partial charge in [-0.05, 0) is 43.9 Å². The van der Waals surface area contributed by atoms with Crippen molar-refractivity contribution in [3.63, 3.8) is 0 Å². The standard InChI is InChI=1S/C21H34N2O2/c1-17(2)16-19-6-8-20(9-7-19)18(3)21(24)25-15-5-10-23-13-11-22(4)12-14-23/h6-9,17-18H,5,10-16H2,1-4H3. The highest BCUT2D eigenvalue weighted by atomic mass is 16.5. The summed E-state index contributed by atoms with van der Waals surface area (Å²) in [6, 6.07) is 8.39. The summed E-state index contributed by atoms with van der Waals surface area (Å²) in [5, 5.41) is 0. The van der Waals surface area contributed by atoms with E-state index in [9.17, 15) is 4.79 Å². The van der Waals surface area contributed by atoms with Gasteiger partial charge in [-0.15, -0.1) is 0 Å². The van der Waals surface area contributed by atoms with Gasteiger partial charge >= 0.3 is 5.97 Å². The molecule has 1 aliphatic heterocycles. The average molecular weight is 347 g/mol. The highest BCUT2D eigenvalue weighted by Crippen LogP contribution is 2.19. The molecule has 0 bridgehead atoms. The highest BCUT2D eigenvalue weighted by Gasteiger charge is 2.17. The lowest BCUT2D eigenvalue weighted by Crippen LogP contribution is -2.44. The summed E-state index contributed by atoms with van der Waals surface area (Å²) in [5.74, 6) is 0.334. The fourth-order valence-electron chi connectivity index (χ4n) is 3.21. The Morgan fingerprint density at radius 2 is 1.72 bits per heavy atom. The van der Waals surface area contributed by atoms with E-state index < -0.39 is 0 Å². The maximum atomic E-state index is 12.3. The van der Waals surface area contributed by atoms with Gasteiger partial charge in [0.15, 0.2) is 0 Å². The van der Waals surface area contributed by atoms with Crippen LogP contribution in [0, 0.1) is 5.92 Å². The minimum absolute atomic E-state index is 0.116. The number of benzene rings is 1. The predicted octanol–water partition coefficient (Wildman–Crippen LogP) is 3.17. The molecule has 1 fully saturated rings. The van der Waals surface area contributed by atoms with Crippen LogP contribution in [0.1, 0.15) is 44.2 Å². The second-order valence-electron chi connectivity index (χ2n) is 7.73. The molecule has 0 aromatic heterocycles. The van der Waals surface area contributed by atoms with E-state index in [1.807, 2.05) is 6.92 Å². The van der Waals surface area contributed by atoms with Gasteiger partial charge < -0.3 is 14.5 Å². The maximum Gasteiger partial charge on any atom is 0.313 e. The van der Waals surface area contributed by atoms with E-state index in [0.29, 0.717) is 12.5 Å². The Labute approximate surface area is 153 Å². The summed E-state index contributed by atoms with van der Waals surface area (Å²) >= 11 is 0. The van der Waals surface area contributed by atoms with E-state index in [1.54, 1.807) is 0 Å². The number of likely N-dealkylation sites (N-methyl/N-ethyl adjacent to an activating group) is 1. The lowest BCUT2D eigenvalue weighted by molar-refractivity contribution is -0.145. The van der Waals surface area contributed by atoms with Gasteiger partial charge in [-0.25, -0.2) is 0 Å². The summed E-state index contributed by atoms with van der Waals surface area (Å²) in [6.07, 6.45) is 1.99. The first kappa shape index (κ1) is 19.9. The number of nitrogens with zero attached hydrogens (tertiary/aromatic N) is 2. The Bertz CT molecular complexity index is 519. The van der Waals surface area contributed by atoms with Crippen molar-refractivity contribution in [2.24, 2.45) is 5.92 Å². The van der Waals surface area contributed by atoms with E-state index in [-0.39, 0.29) is 11.9 Å². The summed E-state index contributed by atoms with van der Waals surface area (Å²) < 4.78 is 5.49. The first-order valence-corrected chi connectivity index (χ1v) is 9.62. The van der Waals surface area contributed by atoms with Crippen molar-refractivity contribution in [1.29, 1.82) is 0 Å². The van der Waals surface area contributed by atoms with Crippen LogP contribution in [0.2, 0.25) is 0 Å². The molecule has 0 radical (unpaired) electrons. The second-order valence-corrected chi connectivity index (χ2v) is 7.73. The van der Waals surface area contributed by atoms with E-state index in [1.165, 1.54) is 5.56 Å². The monoisotopic (exact) mass is 346 g/mol. The molecule has 0 N–H and O–H groups in total. The number of piperazine rings is 1. The van der Waals surface area contributed by atoms with E-state index in [2.05, 4.69) is 55.0 Å². The molecule has 0 saturated carbocycles. The summed E-state index contributed by atoms with van der Waals surface area (Å²) in [6.45, 7) is 12.4. The molecule has 0 amide bonds. The van der Waals surface area contributed by atoms with Crippen LogP contribution < -0.4 is 0 Å². The molecule has 4 nitrogen and oxygen atoms in total. The van der Waals surface area contributed by atoms with Crippen molar-refractivity contribution in [3.05, 3.63) is 35.4 Å². The summed E-state index contributed by atoms with van der Waals surface area (Å²) in [7, 11) is 2.16. The number of esters is 1. The first-order valence-electron chi connectivity index (χ1n) is 9.62. The smallest absolute Gasteiger partial charge is 0.313 e. The quantitative estimate of drug-likeness (QED) is 0.535. The van der Waals surface area contributed by atoms with E-state index in [0.717, 1.165) is 51.1 Å². The second kappa shape index (κ2) is 9.93. The molecule has 1 heterocycles. The van der Waals surface area contributed by atoms with Gasteiger partial charge in [-0.2, -0.15) is 0 Å². The molecule has 1 unspecified atom stereocenters. The van der Waals surface area contributed by atoms with Gasteiger partial charge in [0.2, 0.25) is 0 Å². The van der Waals surface area contributed by atoms with Gasteiger partial charge in [0, 0.05) is 32.7 Å². The topological polar surface area (TPSA) is 32.8 Å². The van der Waals surface area contributed by atoms with Crippen LogP contribution in [0.25, 0.3) is 0 Å². The SMILES string of the molecule is CC(C)Cc1ccc(C(C)C(=O)OCCCN2CCN(C)CC2)cc1. The molecule has 1 aromatic carbocycles. The zero-order chi connectivity index (χ0) is 18.2. The van der Waals surface area contributed by atoms with Gasteiger partial charge in [0.05, 0.1) is 12.5 Å². The Kier molecular flexibility index (Phi) is 7.91. The normalized spacial score (nSPS) is 17.6. The predicted molar refractivity (Wildman–Crippen MR) is 103 cm³/mol. The molecule has 1 saturated heterocycles. The number of carbonyl (C=O) groups excluding carboxylic acids is 1. The van der Waals surface area contributed by atoms with Crippen molar-refractivity contribution in [3.8, 4) is 0 Å². The highest BCUT2D eigenvalue weighted by molar-refractivity contribution is 5.77. The molecule has 1 atom stereocenters. The van der Waals surface area contributed by atoms with Crippen LogP contribution in [-0.2, 0) is 16.0 Å². The number of carbonyl (C=O) groups is 1. The summed E-state index contributed by atoms with van der Waals surface area (Å²) in [5.41, 5.74) is 2.36. The molecular weight excluding hydrogens is 312 g/mol. The first-order chi connectivity index (χ1) is 12.0. The molecule has 25 heavy (non-hydrogen) atoms. The number of hydrogen-bond donors (Lipinski definition) is 0. The minimum atomic E-state index is -0.197. The molecular formula is C21H34N2O2. The van der Waals surface area contributed by atoms with Crippen molar-refractivity contribution in [1.82, 2.24) is 9.80 Å². The summed E-state index contributed by atoms with van der Waals surface area (Å²) in [4.78, 5) is 17.1. The van der Waals surface area contributed by atoms with Crippen LogP contribution in [0.4, 0.5) is 0 Å².